The summed E-state index contributed by atoms with van der Waals surface area (Å²) in [5.41, 5.74) is 1.21. The van der Waals surface area contributed by atoms with Crippen molar-refractivity contribution in [3.05, 3.63) is 23.8 Å². The van der Waals surface area contributed by atoms with E-state index in [4.69, 9.17) is 4.74 Å². The summed E-state index contributed by atoms with van der Waals surface area (Å²) >= 11 is 1.83. The van der Waals surface area contributed by atoms with Gasteiger partial charge in [0.1, 0.15) is 5.75 Å². The lowest BCUT2D eigenvalue weighted by Crippen LogP contribution is -2.31. The first-order valence-electron chi connectivity index (χ1n) is 7.82. The van der Waals surface area contributed by atoms with Gasteiger partial charge < -0.3 is 9.64 Å². The van der Waals surface area contributed by atoms with E-state index in [9.17, 15) is 4.79 Å². The van der Waals surface area contributed by atoms with Crippen LogP contribution in [0.4, 0.5) is 0 Å². The van der Waals surface area contributed by atoms with Gasteiger partial charge in [0.15, 0.2) is 0 Å². The summed E-state index contributed by atoms with van der Waals surface area (Å²) < 4.78 is 5.30. The molecule has 0 bridgehead atoms. The third-order valence-electron chi connectivity index (χ3n) is 3.84. The fraction of sp³-hybridized carbons (Fsp3) is 0.588. The summed E-state index contributed by atoms with van der Waals surface area (Å²) in [6, 6.07) is 6.16. The number of hydrogen-bond acceptors (Lipinski definition) is 3. The van der Waals surface area contributed by atoms with Crippen LogP contribution in [0, 0.1) is 0 Å². The molecular formula is C17H25NO2S. The van der Waals surface area contributed by atoms with Gasteiger partial charge in [-0.3, -0.25) is 4.79 Å². The van der Waals surface area contributed by atoms with Gasteiger partial charge in [-0.25, -0.2) is 0 Å². The molecule has 4 heteroatoms. The third kappa shape index (κ3) is 4.67. The van der Waals surface area contributed by atoms with Crippen LogP contribution >= 0.6 is 11.8 Å². The molecule has 1 aromatic carbocycles. The highest BCUT2D eigenvalue weighted by molar-refractivity contribution is 7.99. The standard InChI is InChI=1S/C17H25NO2S/c1-3-4-5-6-7-17(19)18-10-11-21-16-9-8-15(20-2)12-14(16)13-18/h8-9,12H,3-7,10-11,13H2,1-2H3. The van der Waals surface area contributed by atoms with Crippen molar-refractivity contribution >= 4 is 17.7 Å². The maximum Gasteiger partial charge on any atom is 0.222 e. The number of nitrogens with zero attached hydrogens (tertiary/aromatic N) is 1. The highest BCUT2D eigenvalue weighted by Crippen LogP contribution is 2.30. The number of fused-ring (bicyclic) bond motifs is 1. The Kier molecular flexibility index (Phi) is 6.43. The fourth-order valence-corrected chi connectivity index (χ4v) is 3.58. The molecule has 1 heterocycles. The largest absolute Gasteiger partial charge is 0.497 e. The molecule has 0 atom stereocenters. The number of methoxy groups -OCH3 is 1. The van der Waals surface area contributed by atoms with E-state index in [1.165, 1.54) is 23.3 Å². The Labute approximate surface area is 132 Å². The normalized spacial score (nSPS) is 14.5. The molecule has 0 spiro atoms. The smallest absolute Gasteiger partial charge is 0.222 e. The summed E-state index contributed by atoms with van der Waals surface area (Å²) in [6.45, 7) is 3.75. The molecule has 0 radical (unpaired) electrons. The molecule has 1 aliphatic heterocycles. The topological polar surface area (TPSA) is 29.5 Å². The van der Waals surface area contributed by atoms with Crippen LogP contribution in [0.1, 0.15) is 44.6 Å². The average molecular weight is 307 g/mol. The van der Waals surface area contributed by atoms with Crippen molar-refractivity contribution in [1.29, 1.82) is 0 Å². The zero-order valence-electron chi connectivity index (χ0n) is 13.1. The molecule has 0 fully saturated rings. The molecule has 0 N–H and O–H groups in total. The molecule has 1 amide bonds. The van der Waals surface area contributed by atoms with Gasteiger partial charge in [0, 0.05) is 30.2 Å². The maximum atomic E-state index is 12.4. The highest BCUT2D eigenvalue weighted by Gasteiger charge is 2.19. The Morgan fingerprint density at radius 1 is 1.33 bits per heavy atom. The zero-order chi connectivity index (χ0) is 15.1. The summed E-state index contributed by atoms with van der Waals surface area (Å²) in [7, 11) is 1.68. The Bertz CT molecular complexity index is 476. The van der Waals surface area contributed by atoms with E-state index in [1.54, 1.807) is 7.11 Å². The molecular weight excluding hydrogens is 282 g/mol. The summed E-state index contributed by atoms with van der Waals surface area (Å²) in [4.78, 5) is 15.6. The molecule has 116 valence electrons. The van der Waals surface area contributed by atoms with E-state index >= 15 is 0 Å². The van der Waals surface area contributed by atoms with Crippen molar-refractivity contribution in [1.82, 2.24) is 4.90 Å². The van der Waals surface area contributed by atoms with Crippen LogP contribution in [0.25, 0.3) is 0 Å². The second kappa shape index (κ2) is 8.32. The molecule has 21 heavy (non-hydrogen) atoms. The Morgan fingerprint density at radius 3 is 2.95 bits per heavy atom. The van der Waals surface area contributed by atoms with Crippen LogP contribution in [0.3, 0.4) is 0 Å². The van der Waals surface area contributed by atoms with Gasteiger partial charge in [-0.2, -0.15) is 0 Å². The number of amides is 1. The van der Waals surface area contributed by atoms with Gasteiger partial charge in [0.05, 0.1) is 7.11 Å². The summed E-state index contributed by atoms with van der Waals surface area (Å²) in [6.07, 6.45) is 5.30. The van der Waals surface area contributed by atoms with Crippen molar-refractivity contribution in [3.8, 4) is 5.75 Å². The van der Waals surface area contributed by atoms with Crippen LogP contribution in [0.5, 0.6) is 5.75 Å². The highest BCUT2D eigenvalue weighted by atomic mass is 32.2. The van der Waals surface area contributed by atoms with Crippen molar-refractivity contribution in [2.75, 3.05) is 19.4 Å². The minimum absolute atomic E-state index is 0.294. The number of carbonyl (C=O) groups is 1. The predicted molar refractivity (Wildman–Crippen MR) is 87.9 cm³/mol. The molecule has 0 saturated carbocycles. The molecule has 0 saturated heterocycles. The maximum absolute atomic E-state index is 12.4. The van der Waals surface area contributed by atoms with Crippen molar-refractivity contribution in [3.63, 3.8) is 0 Å². The van der Waals surface area contributed by atoms with Gasteiger partial charge in [0.25, 0.3) is 0 Å². The van der Waals surface area contributed by atoms with Crippen molar-refractivity contribution < 1.29 is 9.53 Å². The first-order valence-corrected chi connectivity index (χ1v) is 8.80. The third-order valence-corrected chi connectivity index (χ3v) is 4.94. The van der Waals surface area contributed by atoms with Gasteiger partial charge in [-0.05, 0) is 30.2 Å². The molecule has 0 aliphatic carbocycles. The molecule has 0 unspecified atom stereocenters. The van der Waals surface area contributed by atoms with Crippen LogP contribution in [0.15, 0.2) is 23.1 Å². The van der Waals surface area contributed by atoms with Crippen LogP contribution in [0.2, 0.25) is 0 Å². The lowest BCUT2D eigenvalue weighted by molar-refractivity contribution is -0.131. The van der Waals surface area contributed by atoms with E-state index < -0.39 is 0 Å². The molecule has 3 nitrogen and oxygen atoms in total. The van der Waals surface area contributed by atoms with Crippen molar-refractivity contribution in [2.45, 2.75) is 50.5 Å². The van der Waals surface area contributed by atoms with Crippen molar-refractivity contribution in [2.24, 2.45) is 0 Å². The Hall–Kier alpha value is -1.16. The zero-order valence-corrected chi connectivity index (χ0v) is 13.9. The Balaban J connectivity index is 1.97. The number of unbranched alkanes of at least 4 members (excludes halogenated alkanes) is 3. The second-order valence-electron chi connectivity index (χ2n) is 5.45. The summed E-state index contributed by atoms with van der Waals surface area (Å²) in [5, 5.41) is 0. The number of thioether (sulfide) groups is 1. The monoisotopic (exact) mass is 307 g/mol. The van der Waals surface area contributed by atoms with E-state index in [0.717, 1.165) is 30.9 Å². The van der Waals surface area contributed by atoms with E-state index in [1.807, 2.05) is 22.7 Å². The van der Waals surface area contributed by atoms with Gasteiger partial charge in [-0.15, -0.1) is 11.8 Å². The molecule has 1 aliphatic rings. The van der Waals surface area contributed by atoms with Crippen LogP contribution in [-0.4, -0.2) is 30.2 Å². The predicted octanol–water partition coefficient (Wildman–Crippen LogP) is 4.10. The van der Waals surface area contributed by atoms with Gasteiger partial charge in [0.2, 0.25) is 5.91 Å². The molecule has 0 aromatic heterocycles. The lowest BCUT2D eigenvalue weighted by atomic mass is 10.1. The molecule has 2 rings (SSSR count). The lowest BCUT2D eigenvalue weighted by Gasteiger charge is -2.20. The number of ether oxygens (including phenoxy) is 1. The van der Waals surface area contributed by atoms with Crippen LogP contribution in [-0.2, 0) is 11.3 Å². The van der Waals surface area contributed by atoms with Gasteiger partial charge in [-0.1, -0.05) is 26.2 Å². The minimum atomic E-state index is 0.294. The first kappa shape index (κ1) is 16.2. The van der Waals surface area contributed by atoms with Gasteiger partial charge >= 0.3 is 0 Å². The molecule has 1 aromatic rings. The van der Waals surface area contributed by atoms with E-state index in [-0.39, 0.29) is 0 Å². The van der Waals surface area contributed by atoms with Crippen LogP contribution < -0.4 is 4.74 Å². The summed E-state index contributed by atoms with van der Waals surface area (Å²) in [5.74, 6) is 2.13. The fourth-order valence-electron chi connectivity index (χ4n) is 2.57. The number of rotatable bonds is 6. The second-order valence-corrected chi connectivity index (χ2v) is 6.58. The minimum Gasteiger partial charge on any atom is -0.497 e. The van der Waals surface area contributed by atoms with E-state index in [2.05, 4.69) is 19.1 Å². The Morgan fingerprint density at radius 2 is 2.19 bits per heavy atom. The average Bonchev–Trinajstić information content (AvgIpc) is 2.72. The number of benzene rings is 1. The SMILES string of the molecule is CCCCCCC(=O)N1CCSc2ccc(OC)cc2C1. The number of carbonyl (C=O) groups excluding carboxylic acids is 1. The quantitative estimate of drug-likeness (QED) is 0.741. The first-order chi connectivity index (χ1) is 10.2. The number of hydrogen-bond donors (Lipinski definition) is 0. The van der Waals surface area contributed by atoms with E-state index in [0.29, 0.717) is 18.9 Å².